The van der Waals surface area contributed by atoms with Gasteiger partial charge in [0.2, 0.25) is 5.82 Å². The van der Waals surface area contributed by atoms with Crippen molar-refractivity contribution in [1.29, 1.82) is 0 Å². The third kappa shape index (κ3) is 4.46. The van der Waals surface area contributed by atoms with Crippen LogP contribution >= 0.6 is 0 Å². The van der Waals surface area contributed by atoms with E-state index in [1.54, 1.807) is 0 Å². The van der Waals surface area contributed by atoms with E-state index in [9.17, 15) is 0 Å². The van der Waals surface area contributed by atoms with Gasteiger partial charge in [-0.05, 0) is 46.9 Å². The zero-order valence-electron chi connectivity index (χ0n) is 18.6. The van der Waals surface area contributed by atoms with Gasteiger partial charge < -0.3 is 4.57 Å². The number of fused-ring (bicyclic) bond motifs is 1. The predicted octanol–water partition coefficient (Wildman–Crippen LogP) is 1.59. The molecule has 32 heavy (non-hydrogen) atoms. The molecule has 3 aromatic heterocycles. The summed E-state index contributed by atoms with van der Waals surface area (Å²) in [6, 6.07) is 18.7. The molecule has 3 heterocycles. The van der Waals surface area contributed by atoms with Gasteiger partial charge in [0.15, 0.2) is 5.65 Å². The van der Waals surface area contributed by atoms with Crippen LogP contribution in [0.5, 0.6) is 0 Å². The first-order chi connectivity index (χ1) is 15.2. The van der Waals surface area contributed by atoms with Crippen LogP contribution in [0.2, 0.25) is 0 Å². The average Bonchev–Trinajstić information content (AvgIpc) is 3.45. The SMILES string of the molecule is CCCc1nc2c(C)ccnc2n1Cc1ccc(-c2ccccc2-c2nn[nH]n2)cc1.[K+]. The molecule has 5 aromatic rings. The Kier molecular flexibility index (Phi) is 7.27. The van der Waals surface area contributed by atoms with Crippen LogP contribution in [0.15, 0.2) is 60.8 Å². The summed E-state index contributed by atoms with van der Waals surface area (Å²) in [7, 11) is 0. The molecule has 0 aliphatic rings. The normalized spacial score (nSPS) is 10.9. The van der Waals surface area contributed by atoms with Crippen molar-refractivity contribution >= 4 is 11.2 Å². The van der Waals surface area contributed by atoms with Crippen molar-refractivity contribution in [3.05, 3.63) is 77.7 Å². The van der Waals surface area contributed by atoms with Gasteiger partial charge in [-0.2, -0.15) is 5.21 Å². The first-order valence-electron chi connectivity index (χ1n) is 10.5. The summed E-state index contributed by atoms with van der Waals surface area (Å²) < 4.78 is 2.24. The van der Waals surface area contributed by atoms with Gasteiger partial charge in [0, 0.05) is 18.2 Å². The zero-order chi connectivity index (χ0) is 21.2. The van der Waals surface area contributed by atoms with Crippen LogP contribution in [-0.4, -0.2) is 35.2 Å². The number of aromatic nitrogens is 7. The van der Waals surface area contributed by atoms with Gasteiger partial charge >= 0.3 is 51.4 Å². The fourth-order valence-corrected chi connectivity index (χ4v) is 3.94. The van der Waals surface area contributed by atoms with Crippen LogP contribution in [0.25, 0.3) is 33.7 Å². The molecule has 0 aliphatic carbocycles. The molecule has 0 bridgehead atoms. The molecule has 8 heteroatoms. The molecule has 2 aromatic carbocycles. The van der Waals surface area contributed by atoms with E-state index in [1.807, 2.05) is 30.5 Å². The van der Waals surface area contributed by atoms with Crippen molar-refractivity contribution in [2.45, 2.75) is 33.2 Å². The van der Waals surface area contributed by atoms with Gasteiger partial charge in [-0.25, -0.2) is 9.97 Å². The first kappa shape index (κ1) is 22.9. The van der Waals surface area contributed by atoms with Gasteiger partial charge in [0.1, 0.15) is 11.3 Å². The Morgan fingerprint density at radius 2 is 1.75 bits per heavy atom. The number of nitrogens with zero attached hydrogens (tertiary/aromatic N) is 6. The summed E-state index contributed by atoms with van der Waals surface area (Å²) in [5.41, 5.74) is 7.46. The van der Waals surface area contributed by atoms with Crippen LogP contribution in [0.1, 0.15) is 30.3 Å². The van der Waals surface area contributed by atoms with Gasteiger partial charge in [-0.1, -0.05) is 55.5 Å². The number of aryl methyl sites for hydroxylation is 2. The van der Waals surface area contributed by atoms with Crippen LogP contribution < -0.4 is 51.4 Å². The van der Waals surface area contributed by atoms with Crippen molar-refractivity contribution in [3.8, 4) is 22.5 Å². The Balaban J connectivity index is 0.00000245. The average molecular weight is 449 g/mol. The van der Waals surface area contributed by atoms with Crippen LogP contribution in [0.3, 0.4) is 0 Å². The predicted molar refractivity (Wildman–Crippen MR) is 120 cm³/mol. The minimum Gasteiger partial charge on any atom is -0.308 e. The van der Waals surface area contributed by atoms with E-state index in [0.29, 0.717) is 5.82 Å². The van der Waals surface area contributed by atoms with E-state index >= 15 is 0 Å². The van der Waals surface area contributed by atoms with Gasteiger partial charge in [0.25, 0.3) is 0 Å². The maximum Gasteiger partial charge on any atom is 1.00 e. The summed E-state index contributed by atoms with van der Waals surface area (Å²) in [6.45, 7) is 5.02. The quantitative estimate of drug-likeness (QED) is 0.399. The molecule has 5 rings (SSSR count). The summed E-state index contributed by atoms with van der Waals surface area (Å²) in [4.78, 5) is 9.51. The Morgan fingerprint density at radius 3 is 2.47 bits per heavy atom. The van der Waals surface area contributed by atoms with Crippen molar-refractivity contribution in [3.63, 3.8) is 0 Å². The fourth-order valence-electron chi connectivity index (χ4n) is 3.94. The smallest absolute Gasteiger partial charge is 0.308 e. The molecule has 0 atom stereocenters. The number of hydrogen-bond donors (Lipinski definition) is 1. The molecule has 0 saturated carbocycles. The number of benzene rings is 2. The number of H-pyrrole nitrogens is 1. The number of nitrogens with one attached hydrogen (secondary N) is 1. The van der Waals surface area contributed by atoms with E-state index < -0.39 is 0 Å². The number of rotatable bonds is 6. The number of aromatic amines is 1. The minimum absolute atomic E-state index is 0. The van der Waals surface area contributed by atoms with E-state index in [2.05, 4.69) is 74.4 Å². The second-order valence-electron chi connectivity index (χ2n) is 7.64. The first-order valence-corrected chi connectivity index (χ1v) is 10.5. The molecular formula is C24H23KN7+. The molecule has 0 spiro atoms. The Hall–Kier alpha value is -2.23. The molecular weight excluding hydrogens is 425 g/mol. The maximum absolute atomic E-state index is 4.88. The Morgan fingerprint density at radius 1 is 0.969 bits per heavy atom. The van der Waals surface area contributed by atoms with E-state index in [0.717, 1.165) is 58.6 Å². The van der Waals surface area contributed by atoms with Gasteiger partial charge in [-0.15, -0.1) is 10.2 Å². The van der Waals surface area contributed by atoms with Crippen LogP contribution in [0, 0.1) is 6.92 Å². The molecule has 0 amide bonds. The van der Waals surface area contributed by atoms with E-state index in [1.165, 1.54) is 5.56 Å². The van der Waals surface area contributed by atoms with Crippen molar-refractivity contribution in [2.75, 3.05) is 0 Å². The molecule has 0 aliphatic heterocycles. The fraction of sp³-hybridized carbons (Fsp3) is 0.208. The number of imidazole rings is 1. The largest absolute Gasteiger partial charge is 1.00 e. The van der Waals surface area contributed by atoms with Crippen molar-refractivity contribution in [2.24, 2.45) is 0 Å². The summed E-state index contributed by atoms with van der Waals surface area (Å²) in [5, 5.41) is 14.5. The van der Waals surface area contributed by atoms with Crippen LogP contribution in [0.4, 0.5) is 0 Å². The topological polar surface area (TPSA) is 85.2 Å². The minimum atomic E-state index is 0. The number of hydrogen-bond acceptors (Lipinski definition) is 5. The molecule has 7 nitrogen and oxygen atoms in total. The Bertz CT molecular complexity index is 1320. The van der Waals surface area contributed by atoms with E-state index in [-0.39, 0.29) is 51.4 Å². The second-order valence-corrected chi connectivity index (χ2v) is 7.64. The third-order valence-corrected chi connectivity index (χ3v) is 5.51. The van der Waals surface area contributed by atoms with Crippen molar-refractivity contribution < 1.29 is 51.4 Å². The molecule has 0 fully saturated rings. The molecule has 1 N–H and O–H groups in total. The summed E-state index contributed by atoms with van der Waals surface area (Å²) >= 11 is 0. The number of pyridine rings is 1. The maximum atomic E-state index is 4.88. The van der Waals surface area contributed by atoms with Crippen molar-refractivity contribution in [1.82, 2.24) is 35.2 Å². The molecule has 0 saturated heterocycles. The van der Waals surface area contributed by atoms with Gasteiger partial charge in [0.05, 0.1) is 6.54 Å². The number of tetrazole rings is 1. The Labute approximate surface area is 229 Å². The molecule has 0 unspecified atom stereocenters. The molecule has 0 radical (unpaired) electrons. The monoisotopic (exact) mass is 448 g/mol. The molecule has 154 valence electrons. The second kappa shape index (κ2) is 10.1. The zero-order valence-corrected chi connectivity index (χ0v) is 21.7. The summed E-state index contributed by atoms with van der Waals surface area (Å²) in [6.07, 6.45) is 3.85. The summed E-state index contributed by atoms with van der Waals surface area (Å²) in [5.74, 6) is 1.68. The standard InChI is InChI=1S/C24H23N7.K/c1-3-6-21-26-22-16(2)13-14-25-24(22)31(21)15-17-9-11-18(12-10-17)19-7-4-5-8-20(19)23-27-29-30-28-23;/h4-5,7-14H,3,6,15H2,1-2H3,(H,27,28,29,30);/q;+1. The third-order valence-electron chi connectivity index (χ3n) is 5.51. The van der Waals surface area contributed by atoms with Crippen LogP contribution in [-0.2, 0) is 13.0 Å². The van der Waals surface area contributed by atoms with E-state index in [4.69, 9.17) is 4.98 Å². The van der Waals surface area contributed by atoms with Gasteiger partial charge in [-0.3, -0.25) is 0 Å².